The van der Waals surface area contributed by atoms with Crippen molar-refractivity contribution in [3.8, 4) is 0 Å². The van der Waals surface area contributed by atoms with E-state index in [1.807, 2.05) is 0 Å². The predicted molar refractivity (Wildman–Crippen MR) is 51.3 cm³/mol. The molecule has 0 spiro atoms. The van der Waals surface area contributed by atoms with Gasteiger partial charge in [0.2, 0.25) is 0 Å². The number of hydrogen-bond donors (Lipinski definition) is 2. The number of aromatic amines is 1. The highest BCUT2D eigenvalue weighted by atomic mass is 79.9. The van der Waals surface area contributed by atoms with Gasteiger partial charge in [0, 0.05) is 12.6 Å². The van der Waals surface area contributed by atoms with Crippen molar-refractivity contribution in [3.63, 3.8) is 0 Å². The Morgan fingerprint density at radius 1 is 1.77 bits per heavy atom. The smallest absolute Gasteiger partial charge is 0.271 e. The third-order valence-electron chi connectivity index (χ3n) is 2.03. The minimum Gasteiger partial charge on any atom is -0.350 e. The Morgan fingerprint density at radius 3 is 3.08 bits per heavy atom. The van der Waals surface area contributed by atoms with Gasteiger partial charge in [-0.1, -0.05) is 0 Å². The van der Waals surface area contributed by atoms with E-state index < -0.39 is 0 Å². The van der Waals surface area contributed by atoms with Crippen molar-refractivity contribution in [3.05, 3.63) is 16.4 Å². The lowest BCUT2D eigenvalue weighted by molar-refractivity contribution is 0.0947. The summed E-state index contributed by atoms with van der Waals surface area (Å²) in [6.07, 6.45) is 2.48. The minimum atomic E-state index is -0.103. The Morgan fingerprint density at radius 2 is 2.54 bits per heavy atom. The minimum absolute atomic E-state index is 0.103. The van der Waals surface area contributed by atoms with Crippen LogP contribution in [0.25, 0.3) is 0 Å². The van der Waals surface area contributed by atoms with Crippen molar-refractivity contribution in [2.75, 3.05) is 6.54 Å². The monoisotopic (exact) mass is 243 g/mol. The molecule has 70 valence electrons. The van der Waals surface area contributed by atoms with Crippen molar-refractivity contribution >= 4 is 21.8 Å². The summed E-state index contributed by atoms with van der Waals surface area (Å²) >= 11 is 3.19. The van der Waals surface area contributed by atoms with Crippen molar-refractivity contribution < 1.29 is 4.79 Å². The van der Waals surface area contributed by atoms with E-state index in [-0.39, 0.29) is 5.91 Å². The fraction of sp³-hybridized carbons (Fsp3) is 0.500. The first-order valence-electron chi connectivity index (χ1n) is 4.25. The number of H-pyrrole nitrogens is 1. The maximum atomic E-state index is 11.4. The average Bonchev–Trinajstić information content (AvgIpc) is 2.84. The van der Waals surface area contributed by atoms with Crippen LogP contribution in [0.15, 0.2) is 10.7 Å². The molecule has 0 aliphatic heterocycles. The molecule has 1 aromatic heterocycles. The molecule has 2 rings (SSSR count). The van der Waals surface area contributed by atoms with E-state index in [4.69, 9.17) is 0 Å². The third kappa shape index (κ3) is 2.30. The van der Waals surface area contributed by atoms with Crippen molar-refractivity contribution in [1.82, 2.24) is 15.5 Å². The highest BCUT2D eigenvalue weighted by molar-refractivity contribution is 9.10. The van der Waals surface area contributed by atoms with Crippen LogP contribution in [0.3, 0.4) is 0 Å². The quantitative estimate of drug-likeness (QED) is 0.842. The third-order valence-corrected chi connectivity index (χ3v) is 2.43. The van der Waals surface area contributed by atoms with Gasteiger partial charge in [-0.05, 0) is 34.7 Å². The molecule has 0 atom stereocenters. The van der Waals surface area contributed by atoms with E-state index in [0.717, 1.165) is 11.1 Å². The zero-order valence-corrected chi connectivity index (χ0v) is 8.60. The second-order valence-corrected chi connectivity index (χ2v) is 4.11. The number of carbonyl (C=O) groups excluding carboxylic acids is 1. The van der Waals surface area contributed by atoms with Gasteiger partial charge in [-0.15, -0.1) is 0 Å². The van der Waals surface area contributed by atoms with Crippen LogP contribution in [-0.4, -0.2) is 22.6 Å². The van der Waals surface area contributed by atoms with Crippen molar-refractivity contribution in [2.45, 2.75) is 12.8 Å². The van der Waals surface area contributed by atoms with Crippen LogP contribution in [-0.2, 0) is 0 Å². The van der Waals surface area contributed by atoms with E-state index in [0.29, 0.717) is 11.6 Å². The van der Waals surface area contributed by atoms with E-state index >= 15 is 0 Å². The fourth-order valence-corrected chi connectivity index (χ4v) is 1.37. The van der Waals surface area contributed by atoms with Crippen LogP contribution in [0.5, 0.6) is 0 Å². The highest BCUT2D eigenvalue weighted by Crippen LogP contribution is 2.27. The van der Waals surface area contributed by atoms with Crippen LogP contribution in [0.4, 0.5) is 0 Å². The van der Waals surface area contributed by atoms with Gasteiger partial charge in [0.1, 0.15) is 4.60 Å². The van der Waals surface area contributed by atoms with E-state index in [1.165, 1.54) is 12.8 Å². The largest absolute Gasteiger partial charge is 0.350 e. The molecule has 1 saturated carbocycles. The SMILES string of the molecule is O=C(NCC1CC1)c1cc(Br)[nH]n1. The Hall–Kier alpha value is -0.840. The zero-order valence-electron chi connectivity index (χ0n) is 7.01. The van der Waals surface area contributed by atoms with Crippen LogP contribution in [0.1, 0.15) is 23.3 Å². The molecule has 0 aromatic carbocycles. The van der Waals surface area contributed by atoms with Gasteiger partial charge in [-0.3, -0.25) is 9.89 Å². The normalized spacial score (nSPS) is 15.8. The molecule has 0 unspecified atom stereocenters. The molecule has 1 fully saturated rings. The summed E-state index contributed by atoms with van der Waals surface area (Å²) in [4.78, 5) is 11.4. The lowest BCUT2D eigenvalue weighted by atomic mass is 10.3. The molecule has 1 amide bonds. The van der Waals surface area contributed by atoms with Gasteiger partial charge in [-0.25, -0.2) is 0 Å². The van der Waals surface area contributed by atoms with Crippen LogP contribution < -0.4 is 5.32 Å². The molecule has 0 bridgehead atoms. The number of nitrogens with one attached hydrogen (secondary N) is 2. The molecule has 1 heterocycles. The number of carbonyl (C=O) groups is 1. The first-order valence-corrected chi connectivity index (χ1v) is 5.04. The Labute approximate surface area is 84.2 Å². The Kier molecular flexibility index (Phi) is 2.35. The molecule has 1 aliphatic rings. The summed E-state index contributed by atoms with van der Waals surface area (Å²) in [5.41, 5.74) is 0.438. The summed E-state index contributed by atoms with van der Waals surface area (Å²) in [7, 11) is 0. The molecule has 5 heteroatoms. The number of amides is 1. The standard InChI is InChI=1S/C8H10BrN3O/c9-7-3-6(11-12-7)8(13)10-4-5-1-2-5/h3,5H,1-2,4H2,(H,10,13)(H,11,12). The zero-order chi connectivity index (χ0) is 9.26. The lowest BCUT2D eigenvalue weighted by Gasteiger charge is -1.99. The van der Waals surface area contributed by atoms with Crippen molar-refractivity contribution in [1.29, 1.82) is 0 Å². The molecule has 13 heavy (non-hydrogen) atoms. The summed E-state index contributed by atoms with van der Waals surface area (Å²) in [5.74, 6) is 0.597. The van der Waals surface area contributed by atoms with Gasteiger partial charge in [0.05, 0.1) is 0 Å². The molecule has 0 saturated heterocycles. The van der Waals surface area contributed by atoms with Gasteiger partial charge < -0.3 is 5.32 Å². The first kappa shape index (κ1) is 8.74. The average molecular weight is 244 g/mol. The molecule has 1 aromatic rings. The number of rotatable bonds is 3. The molecule has 4 nitrogen and oxygen atoms in total. The second kappa shape index (κ2) is 3.49. The maximum Gasteiger partial charge on any atom is 0.271 e. The summed E-state index contributed by atoms with van der Waals surface area (Å²) < 4.78 is 0.726. The fourth-order valence-electron chi connectivity index (χ4n) is 1.06. The lowest BCUT2D eigenvalue weighted by Crippen LogP contribution is -2.25. The number of halogens is 1. The van der Waals surface area contributed by atoms with Gasteiger partial charge in [0.25, 0.3) is 5.91 Å². The van der Waals surface area contributed by atoms with E-state index in [2.05, 4.69) is 31.4 Å². The van der Waals surface area contributed by atoms with Crippen LogP contribution >= 0.6 is 15.9 Å². The van der Waals surface area contributed by atoms with Crippen molar-refractivity contribution in [2.24, 2.45) is 5.92 Å². The van der Waals surface area contributed by atoms with E-state index in [9.17, 15) is 4.79 Å². The maximum absolute atomic E-state index is 11.4. The topological polar surface area (TPSA) is 57.8 Å². The Balaban J connectivity index is 1.88. The van der Waals surface area contributed by atoms with Gasteiger partial charge in [-0.2, -0.15) is 5.10 Å². The summed E-state index contributed by atoms with van der Waals surface area (Å²) in [6.45, 7) is 0.781. The first-order chi connectivity index (χ1) is 6.25. The van der Waals surface area contributed by atoms with Crippen LogP contribution in [0.2, 0.25) is 0 Å². The molecule has 1 aliphatic carbocycles. The summed E-state index contributed by atoms with van der Waals surface area (Å²) in [6, 6.07) is 1.67. The van der Waals surface area contributed by atoms with E-state index in [1.54, 1.807) is 6.07 Å². The predicted octanol–water partition coefficient (Wildman–Crippen LogP) is 1.31. The summed E-state index contributed by atoms with van der Waals surface area (Å²) in [5, 5.41) is 9.32. The number of nitrogens with zero attached hydrogens (tertiary/aromatic N) is 1. The van der Waals surface area contributed by atoms with Gasteiger partial charge >= 0.3 is 0 Å². The Bertz CT molecular complexity index is 319. The van der Waals surface area contributed by atoms with Crippen LogP contribution in [0, 0.1) is 5.92 Å². The molecular formula is C8H10BrN3O. The second-order valence-electron chi connectivity index (χ2n) is 3.25. The molecule has 0 radical (unpaired) electrons. The van der Waals surface area contributed by atoms with Gasteiger partial charge in [0.15, 0.2) is 5.69 Å². The number of hydrogen-bond acceptors (Lipinski definition) is 2. The number of aromatic nitrogens is 2. The highest BCUT2D eigenvalue weighted by Gasteiger charge is 2.22. The molecule has 2 N–H and O–H groups in total. The molecular weight excluding hydrogens is 234 g/mol.